The van der Waals surface area contributed by atoms with E-state index in [1.54, 1.807) is 14.1 Å². The fourth-order valence-corrected chi connectivity index (χ4v) is 1.79. The van der Waals surface area contributed by atoms with Gasteiger partial charge in [-0.05, 0) is 25.1 Å². The largest absolute Gasteiger partial charge is 0.345 e. The number of benzene rings is 1. The quantitative estimate of drug-likeness (QED) is 0.633. The molecule has 0 aliphatic carbocycles. The summed E-state index contributed by atoms with van der Waals surface area (Å²) in [4.78, 5) is 24.2. The van der Waals surface area contributed by atoms with Crippen LogP contribution in [0, 0.1) is 0 Å². The van der Waals surface area contributed by atoms with Gasteiger partial charge in [-0.25, -0.2) is 8.42 Å². The van der Waals surface area contributed by atoms with E-state index >= 15 is 0 Å². The van der Waals surface area contributed by atoms with Crippen LogP contribution in [0.1, 0.15) is 27.6 Å². The Morgan fingerprint density at radius 3 is 2.00 bits per heavy atom. The highest BCUT2D eigenvalue weighted by atomic mass is 32.2. The molecule has 0 atom stereocenters. The molecule has 0 radical (unpaired) electrons. The van der Waals surface area contributed by atoms with Crippen molar-refractivity contribution in [2.24, 2.45) is 0 Å². The third kappa shape index (κ3) is 3.13. The molecule has 0 saturated heterocycles. The van der Waals surface area contributed by atoms with E-state index in [0.717, 1.165) is 0 Å². The number of thiol groups is 1. The van der Waals surface area contributed by atoms with Crippen LogP contribution in [0.4, 0.5) is 0 Å². The summed E-state index contributed by atoms with van der Waals surface area (Å²) in [5.41, 5.74) is 0.406. The maximum Gasteiger partial charge on any atom is 0.253 e. The van der Waals surface area contributed by atoms with Gasteiger partial charge in [0.1, 0.15) is 0 Å². The monoisotopic (exact) mass is 255 g/mol. The molecule has 0 fully saturated rings. The van der Waals surface area contributed by atoms with Crippen LogP contribution < -0.4 is 0 Å². The van der Waals surface area contributed by atoms with Crippen LogP contribution in [-0.2, 0) is 10.7 Å². The zero-order valence-electron chi connectivity index (χ0n) is 9.76. The van der Waals surface area contributed by atoms with E-state index in [-0.39, 0.29) is 27.7 Å². The molecule has 0 aliphatic heterocycles. The van der Waals surface area contributed by atoms with E-state index in [1.807, 2.05) is 0 Å². The lowest BCUT2D eigenvalue weighted by Crippen LogP contribution is -2.22. The second-order valence-corrected chi connectivity index (χ2v) is 4.81. The fraction of sp³-hybridized carbons (Fsp3) is 0.273. The molecule has 1 amide bonds. The first-order valence-electron chi connectivity index (χ1n) is 4.85. The third-order valence-corrected chi connectivity index (χ3v) is 2.87. The van der Waals surface area contributed by atoms with Gasteiger partial charge in [-0.2, -0.15) is 0 Å². The average Bonchev–Trinajstić information content (AvgIpc) is 2.27. The number of carbonyl (C=O) groups excluding carboxylic acids is 2. The van der Waals surface area contributed by atoms with E-state index < -0.39 is 10.7 Å². The first kappa shape index (κ1) is 13.4. The van der Waals surface area contributed by atoms with E-state index in [2.05, 4.69) is 0 Å². The molecule has 1 aromatic carbocycles. The topological polar surface area (TPSA) is 71.5 Å². The lowest BCUT2D eigenvalue weighted by atomic mass is 10.1. The maximum absolute atomic E-state index is 11.7. The number of hydrogen-bond donors (Lipinski definition) is 1. The first-order chi connectivity index (χ1) is 7.82. The van der Waals surface area contributed by atoms with Crippen LogP contribution in [0.3, 0.4) is 0 Å². The Labute approximate surface area is 101 Å². The minimum Gasteiger partial charge on any atom is -0.345 e. The van der Waals surface area contributed by atoms with Crippen LogP contribution in [0.15, 0.2) is 23.1 Å². The molecular formula is C11H13NO4S. The van der Waals surface area contributed by atoms with Gasteiger partial charge in [-0.1, -0.05) is 0 Å². The van der Waals surface area contributed by atoms with E-state index in [9.17, 15) is 18.0 Å². The van der Waals surface area contributed by atoms with Crippen molar-refractivity contribution >= 4 is 22.4 Å². The molecule has 6 heteroatoms. The number of Topliss-reactive ketones (excluding diaryl/α,β-unsaturated/α-hetero) is 1. The van der Waals surface area contributed by atoms with Gasteiger partial charge in [0.05, 0.1) is 4.90 Å². The zero-order valence-corrected chi connectivity index (χ0v) is 10.7. The Bertz CT molecular complexity index is 538. The Morgan fingerprint density at radius 2 is 1.59 bits per heavy atom. The van der Waals surface area contributed by atoms with Crippen molar-refractivity contribution in [1.29, 1.82) is 0 Å². The van der Waals surface area contributed by atoms with Gasteiger partial charge in [0.25, 0.3) is 5.91 Å². The van der Waals surface area contributed by atoms with Gasteiger partial charge in [-0.3, -0.25) is 9.59 Å². The summed E-state index contributed by atoms with van der Waals surface area (Å²) in [6.45, 7) is 1.32. The number of hydrogen-bond acceptors (Lipinski definition) is 4. The van der Waals surface area contributed by atoms with Crippen molar-refractivity contribution < 1.29 is 18.0 Å². The summed E-state index contributed by atoms with van der Waals surface area (Å²) in [6, 6.07) is 3.92. The first-order valence-corrected chi connectivity index (χ1v) is 6.02. The van der Waals surface area contributed by atoms with Gasteiger partial charge in [0.15, 0.2) is 16.5 Å². The Hall–Kier alpha value is -1.69. The molecular weight excluding hydrogens is 242 g/mol. The van der Waals surface area contributed by atoms with Gasteiger partial charge < -0.3 is 4.90 Å². The highest BCUT2D eigenvalue weighted by Crippen LogP contribution is 2.13. The highest BCUT2D eigenvalue weighted by molar-refractivity contribution is 7.72. The molecule has 1 aromatic rings. The highest BCUT2D eigenvalue weighted by Gasteiger charge is 2.13. The summed E-state index contributed by atoms with van der Waals surface area (Å²) in [5, 5.41) is 0. The van der Waals surface area contributed by atoms with Crippen LogP contribution in [-0.4, -0.2) is 39.1 Å². The minimum absolute atomic E-state index is 0.0297. The second-order valence-electron chi connectivity index (χ2n) is 3.78. The van der Waals surface area contributed by atoms with Gasteiger partial charge in [-0.15, -0.1) is 0 Å². The Morgan fingerprint density at radius 1 is 1.06 bits per heavy atom. The van der Waals surface area contributed by atoms with Crippen molar-refractivity contribution in [1.82, 2.24) is 4.90 Å². The Kier molecular flexibility index (Phi) is 4.01. The molecule has 92 valence electrons. The molecule has 5 nitrogen and oxygen atoms in total. The van der Waals surface area contributed by atoms with Gasteiger partial charge in [0.2, 0.25) is 0 Å². The molecule has 1 rings (SSSR count). The van der Waals surface area contributed by atoms with Crippen molar-refractivity contribution in [3.63, 3.8) is 0 Å². The smallest absolute Gasteiger partial charge is 0.253 e. The number of nitrogens with zero attached hydrogens (tertiary/aromatic N) is 1. The number of carbonyl (C=O) groups is 2. The summed E-state index contributed by atoms with van der Waals surface area (Å²) in [5.74, 6) is -0.622. The minimum atomic E-state index is -2.82. The SMILES string of the molecule is CC(=O)c1cc(C(=O)N(C)C)cc([SH](=O)=O)c1. The van der Waals surface area contributed by atoms with Crippen molar-refractivity contribution in [3.8, 4) is 0 Å². The molecule has 17 heavy (non-hydrogen) atoms. The summed E-state index contributed by atoms with van der Waals surface area (Å²) in [6.07, 6.45) is 0. The van der Waals surface area contributed by atoms with E-state index in [4.69, 9.17) is 0 Å². The molecule has 0 bridgehead atoms. The third-order valence-electron chi connectivity index (χ3n) is 2.19. The maximum atomic E-state index is 11.7. The van der Waals surface area contributed by atoms with Gasteiger partial charge >= 0.3 is 0 Å². The van der Waals surface area contributed by atoms with Gasteiger partial charge in [0, 0.05) is 25.2 Å². The Balaban J connectivity index is 3.41. The average molecular weight is 255 g/mol. The molecule has 0 unspecified atom stereocenters. The van der Waals surface area contributed by atoms with Crippen LogP contribution in [0.5, 0.6) is 0 Å². The lowest BCUT2D eigenvalue weighted by Gasteiger charge is -2.11. The number of rotatable bonds is 3. The molecule has 0 saturated carbocycles. The zero-order chi connectivity index (χ0) is 13.2. The molecule has 0 aliphatic rings. The molecule has 0 aromatic heterocycles. The van der Waals surface area contributed by atoms with Crippen LogP contribution in [0.25, 0.3) is 0 Å². The predicted octanol–water partition coefficient (Wildman–Crippen LogP) is 0.561. The number of ketones is 1. The molecule has 0 heterocycles. The van der Waals surface area contributed by atoms with Crippen LogP contribution >= 0.6 is 0 Å². The van der Waals surface area contributed by atoms with E-state index in [1.165, 1.54) is 30.0 Å². The predicted molar refractivity (Wildman–Crippen MR) is 63.0 cm³/mol. The van der Waals surface area contributed by atoms with Crippen LogP contribution in [0.2, 0.25) is 0 Å². The second kappa shape index (κ2) is 5.09. The molecule has 0 spiro atoms. The summed E-state index contributed by atoms with van der Waals surface area (Å²) < 4.78 is 21.8. The lowest BCUT2D eigenvalue weighted by molar-refractivity contribution is 0.0827. The number of amides is 1. The van der Waals surface area contributed by atoms with Crippen molar-refractivity contribution in [2.45, 2.75) is 11.8 Å². The summed E-state index contributed by atoms with van der Waals surface area (Å²) >= 11 is 0. The van der Waals surface area contributed by atoms with Crippen molar-refractivity contribution in [3.05, 3.63) is 29.3 Å². The summed E-state index contributed by atoms with van der Waals surface area (Å²) in [7, 11) is 0.291. The van der Waals surface area contributed by atoms with E-state index in [0.29, 0.717) is 0 Å². The fourth-order valence-electron chi connectivity index (χ4n) is 1.30. The normalized spacial score (nSPS) is 10.4. The van der Waals surface area contributed by atoms with Crippen molar-refractivity contribution in [2.75, 3.05) is 14.1 Å². The standard InChI is InChI=1S/C11H13NO4S/c1-7(13)8-4-9(11(14)12(2)3)6-10(5-8)17(15)16/h4-6,17H,1-3H3. The molecule has 0 N–H and O–H groups in total.